The van der Waals surface area contributed by atoms with Crippen LogP contribution in [-0.4, -0.2) is 25.3 Å². The Morgan fingerprint density at radius 3 is 1.33 bits per heavy atom. The number of aliphatic hydroxyl groups is 1. The Bertz CT molecular complexity index is 10.8. The van der Waals surface area contributed by atoms with Gasteiger partial charge < -0.3 is 16.6 Å². The summed E-state index contributed by atoms with van der Waals surface area (Å²) in [6.45, 7) is 1.19. The van der Waals surface area contributed by atoms with Crippen LogP contribution in [0.15, 0.2) is 0 Å². The molecular formula is C3H12N2O. The van der Waals surface area contributed by atoms with Crippen LogP contribution >= 0.6 is 0 Å². The molecule has 0 atom stereocenters. The maximum absolute atomic E-state index is 7.00. The van der Waals surface area contributed by atoms with Gasteiger partial charge in [0.25, 0.3) is 0 Å². The number of aliphatic hydroxyl groups excluding tert-OH is 1. The molecule has 0 rings (SSSR count). The third kappa shape index (κ3) is 41.6. The quantitative estimate of drug-likeness (QED) is 0.369. The van der Waals surface area contributed by atoms with Gasteiger partial charge in [-0.3, -0.25) is 0 Å². The van der Waals surface area contributed by atoms with Crippen LogP contribution in [-0.2, 0) is 0 Å². The molecule has 40 valence electrons. The highest BCUT2D eigenvalue weighted by Gasteiger charge is 1.54. The van der Waals surface area contributed by atoms with Crippen LogP contribution < -0.4 is 11.5 Å². The Labute approximate surface area is 37.9 Å². The van der Waals surface area contributed by atoms with Crippen LogP contribution in [0.4, 0.5) is 0 Å². The fourth-order valence-electron chi connectivity index (χ4n) is 0. The number of nitrogens with two attached hydrogens (primary N) is 2. The molecule has 0 unspecified atom stereocenters. The standard InChI is InChI=1S/C2H8N2.CH4O/c3-1-2-4;1-2/h1-4H2;2H,1H3. The van der Waals surface area contributed by atoms with Crippen molar-refractivity contribution >= 4 is 0 Å². The van der Waals surface area contributed by atoms with Crippen LogP contribution in [0.1, 0.15) is 0 Å². The molecule has 0 radical (unpaired) electrons. The maximum atomic E-state index is 7.00. The van der Waals surface area contributed by atoms with Crippen LogP contribution in [0, 0.1) is 0 Å². The second-order valence-corrected chi connectivity index (χ2v) is 0.577. The molecule has 0 aliphatic heterocycles. The lowest BCUT2D eigenvalue weighted by Gasteiger charge is -1.72. The lowest BCUT2D eigenvalue weighted by atomic mass is 10.7. The summed E-state index contributed by atoms with van der Waals surface area (Å²) in [4.78, 5) is 0. The average Bonchev–Trinajstić information content (AvgIpc) is 1.72. The first kappa shape index (κ1) is 9.30. The predicted octanol–water partition coefficient (Wildman–Crippen LogP) is -1.49. The van der Waals surface area contributed by atoms with E-state index in [9.17, 15) is 0 Å². The minimum absolute atomic E-state index is 0.597. The summed E-state index contributed by atoms with van der Waals surface area (Å²) < 4.78 is 0. The third-order valence-corrected chi connectivity index (χ3v) is 0.167. The first-order valence-corrected chi connectivity index (χ1v) is 1.76. The van der Waals surface area contributed by atoms with Gasteiger partial charge >= 0.3 is 0 Å². The highest BCUT2D eigenvalue weighted by Crippen LogP contribution is 1.24. The summed E-state index contributed by atoms with van der Waals surface area (Å²) in [5.41, 5.74) is 9.81. The maximum Gasteiger partial charge on any atom is 0.0319 e. The van der Waals surface area contributed by atoms with Crippen LogP contribution in [0.5, 0.6) is 0 Å². The molecule has 6 heavy (non-hydrogen) atoms. The second-order valence-electron chi connectivity index (χ2n) is 0.577. The van der Waals surface area contributed by atoms with E-state index < -0.39 is 0 Å². The van der Waals surface area contributed by atoms with E-state index in [0.29, 0.717) is 13.1 Å². The zero-order valence-corrected chi connectivity index (χ0v) is 4.02. The molecule has 0 bridgehead atoms. The Hall–Kier alpha value is -0.120. The van der Waals surface area contributed by atoms with Crippen molar-refractivity contribution in [1.82, 2.24) is 0 Å². The third-order valence-electron chi connectivity index (χ3n) is 0.167. The normalized spacial score (nSPS) is 6.00. The molecule has 0 aromatic heterocycles. The van der Waals surface area contributed by atoms with Gasteiger partial charge in [0.2, 0.25) is 0 Å². The van der Waals surface area contributed by atoms with Crippen LogP contribution in [0.25, 0.3) is 0 Å². The molecule has 0 heterocycles. The Balaban J connectivity index is 0. The van der Waals surface area contributed by atoms with Gasteiger partial charge in [-0.15, -0.1) is 0 Å². The molecule has 5 N–H and O–H groups in total. The molecule has 0 aliphatic rings. The molecule has 0 aromatic carbocycles. The SMILES string of the molecule is CO.NCCN. The second kappa shape index (κ2) is 20.8. The highest BCUT2D eigenvalue weighted by atomic mass is 16.2. The van der Waals surface area contributed by atoms with E-state index in [1.165, 1.54) is 0 Å². The van der Waals surface area contributed by atoms with E-state index in [1.807, 2.05) is 0 Å². The lowest BCUT2D eigenvalue weighted by molar-refractivity contribution is 0.399. The largest absolute Gasteiger partial charge is 0.400 e. The zero-order valence-electron chi connectivity index (χ0n) is 4.02. The molecule has 0 aliphatic carbocycles. The minimum Gasteiger partial charge on any atom is -0.400 e. The highest BCUT2D eigenvalue weighted by molar-refractivity contribution is 4.26. The molecule has 3 heteroatoms. The van der Waals surface area contributed by atoms with Crippen molar-refractivity contribution in [1.29, 1.82) is 0 Å². The molecule has 0 amide bonds. The summed E-state index contributed by atoms with van der Waals surface area (Å²) in [6.07, 6.45) is 0. The van der Waals surface area contributed by atoms with Crippen molar-refractivity contribution in [2.45, 2.75) is 0 Å². The molecule has 0 aromatic rings. The fourth-order valence-corrected chi connectivity index (χ4v) is 0. The van der Waals surface area contributed by atoms with Gasteiger partial charge in [0.1, 0.15) is 0 Å². The van der Waals surface area contributed by atoms with Gasteiger partial charge in [0, 0.05) is 20.2 Å². The van der Waals surface area contributed by atoms with Gasteiger partial charge in [0.05, 0.1) is 0 Å². The smallest absolute Gasteiger partial charge is 0.0319 e. The van der Waals surface area contributed by atoms with Crippen molar-refractivity contribution in [3.8, 4) is 0 Å². The van der Waals surface area contributed by atoms with Crippen molar-refractivity contribution < 1.29 is 5.11 Å². The minimum atomic E-state index is 0.597. The Kier molecular flexibility index (Phi) is 32.2. The van der Waals surface area contributed by atoms with Gasteiger partial charge in [-0.1, -0.05) is 0 Å². The van der Waals surface area contributed by atoms with E-state index in [4.69, 9.17) is 16.6 Å². The van der Waals surface area contributed by atoms with E-state index in [2.05, 4.69) is 0 Å². The van der Waals surface area contributed by atoms with E-state index in [-0.39, 0.29) is 0 Å². The summed E-state index contributed by atoms with van der Waals surface area (Å²) in [5.74, 6) is 0. The van der Waals surface area contributed by atoms with Crippen molar-refractivity contribution in [3.63, 3.8) is 0 Å². The van der Waals surface area contributed by atoms with Gasteiger partial charge in [0.15, 0.2) is 0 Å². The Morgan fingerprint density at radius 2 is 1.33 bits per heavy atom. The lowest BCUT2D eigenvalue weighted by Crippen LogP contribution is -2.11. The summed E-state index contributed by atoms with van der Waals surface area (Å²) >= 11 is 0. The van der Waals surface area contributed by atoms with Gasteiger partial charge in [-0.25, -0.2) is 0 Å². The summed E-state index contributed by atoms with van der Waals surface area (Å²) in [7, 11) is 1.00. The Morgan fingerprint density at radius 1 is 1.17 bits per heavy atom. The zero-order chi connectivity index (χ0) is 5.41. The van der Waals surface area contributed by atoms with Crippen LogP contribution in [0.2, 0.25) is 0 Å². The molecule has 0 spiro atoms. The molecular weight excluding hydrogens is 80.0 g/mol. The van der Waals surface area contributed by atoms with Crippen molar-refractivity contribution in [2.75, 3.05) is 20.2 Å². The van der Waals surface area contributed by atoms with Crippen molar-refractivity contribution in [3.05, 3.63) is 0 Å². The van der Waals surface area contributed by atoms with E-state index in [0.717, 1.165) is 7.11 Å². The van der Waals surface area contributed by atoms with Crippen molar-refractivity contribution in [2.24, 2.45) is 11.5 Å². The number of hydrogen-bond acceptors (Lipinski definition) is 3. The molecule has 3 nitrogen and oxygen atoms in total. The first-order chi connectivity index (χ1) is 2.91. The molecule has 0 saturated carbocycles. The first-order valence-electron chi connectivity index (χ1n) is 1.76. The monoisotopic (exact) mass is 92.1 g/mol. The van der Waals surface area contributed by atoms with Gasteiger partial charge in [-0.05, 0) is 0 Å². The average molecular weight is 92.1 g/mol. The fraction of sp³-hybridized carbons (Fsp3) is 1.00. The van der Waals surface area contributed by atoms with E-state index >= 15 is 0 Å². The number of hydrogen-bond donors (Lipinski definition) is 3. The van der Waals surface area contributed by atoms with E-state index in [1.54, 1.807) is 0 Å². The molecule has 0 saturated heterocycles. The summed E-state index contributed by atoms with van der Waals surface area (Å²) in [5, 5.41) is 7.00. The molecule has 0 fully saturated rings. The van der Waals surface area contributed by atoms with Crippen LogP contribution in [0.3, 0.4) is 0 Å². The number of rotatable bonds is 1. The van der Waals surface area contributed by atoms with Gasteiger partial charge in [-0.2, -0.15) is 0 Å². The predicted molar refractivity (Wildman–Crippen MR) is 26.3 cm³/mol. The summed E-state index contributed by atoms with van der Waals surface area (Å²) in [6, 6.07) is 0. The topological polar surface area (TPSA) is 72.3 Å².